The van der Waals surface area contributed by atoms with Crippen LogP contribution in [0.4, 0.5) is 0 Å². The van der Waals surface area contributed by atoms with Gasteiger partial charge in [0.15, 0.2) is 11.5 Å². The number of fused-ring (bicyclic) bond motifs is 1. The lowest BCUT2D eigenvalue weighted by atomic mass is 10.1. The molecule has 1 N–H and O–H groups in total. The summed E-state index contributed by atoms with van der Waals surface area (Å²) in [5.74, 6) is 1.26. The first kappa shape index (κ1) is 14.0. The molecule has 0 fully saturated rings. The Labute approximate surface area is 119 Å². The molecule has 0 spiro atoms. The van der Waals surface area contributed by atoms with E-state index in [1.807, 2.05) is 0 Å². The first-order valence-electron chi connectivity index (χ1n) is 5.56. The van der Waals surface area contributed by atoms with Gasteiger partial charge >= 0.3 is 5.97 Å². The van der Waals surface area contributed by atoms with Gasteiger partial charge in [-0.05, 0) is 12.1 Å². The highest BCUT2D eigenvalue weighted by atomic mass is 35.5. The number of aliphatic carboxylic acids is 1. The quantitative estimate of drug-likeness (QED) is 0.846. The fourth-order valence-corrected chi connectivity index (χ4v) is 2.01. The second kappa shape index (κ2) is 5.72. The maximum absolute atomic E-state index is 12.2. The van der Waals surface area contributed by atoms with E-state index in [9.17, 15) is 9.59 Å². The summed E-state index contributed by atoms with van der Waals surface area (Å²) in [4.78, 5) is 24.0. The molecule has 0 radical (unpaired) electrons. The summed E-state index contributed by atoms with van der Waals surface area (Å²) in [5, 5.41) is 9.00. The Morgan fingerprint density at radius 1 is 1.45 bits per heavy atom. The topological polar surface area (TPSA) is 76.1 Å². The standard InChI is InChI=1S/C13H10ClNO5/c1-2-3-15(6-11(16)17)13(18)8-4-9(14)12-10(5-8)19-7-20-12/h1,4-5H,3,6-7H2,(H,16,17). The third-order valence-electron chi connectivity index (χ3n) is 2.57. The third kappa shape index (κ3) is 2.78. The zero-order chi connectivity index (χ0) is 14.7. The van der Waals surface area contributed by atoms with Crippen molar-refractivity contribution in [3.05, 3.63) is 22.7 Å². The molecule has 1 aromatic carbocycles. The molecular formula is C13H10ClNO5. The van der Waals surface area contributed by atoms with Crippen LogP contribution in [-0.2, 0) is 4.79 Å². The van der Waals surface area contributed by atoms with Gasteiger partial charge in [-0.2, -0.15) is 0 Å². The number of amides is 1. The first-order chi connectivity index (χ1) is 9.52. The van der Waals surface area contributed by atoms with Crippen LogP contribution < -0.4 is 9.47 Å². The second-order valence-corrected chi connectivity index (χ2v) is 4.36. The number of carboxylic acid groups (broad SMARTS) is 1. The number of carbonyl (C=O) groups is 2. The van der Waals surface area contributed by atoms with Crippen molar-refractivity contribution in [2.45, 2.75) is 0 Å². The van der Waals surface area contributed by atoms with E-state index in [0.29, 0.717) is 11.5 Å². The van der Waals surface area contributed by atoms with Crippen molar-refractivity contribution in [2.75, 3.05) is 19.9 Å². The first-order valence-corrected chi connectivity index (χ1v) is 5.94. The van der Waals surface area contributed by atoms with E-state index in [0.717, 1.165) is 4.90 Å². The number of rotatable bonds is 4. The van der Waals surface area contributed by atoms with Crippen LogP contribution in [0.25, 0.3) is 0 Å². The van der Waals surface area contributed by atoms with E-state index in [2.05, 4.69) is 5.92 Å². The molecule has 0 aliphatic carbocycles. The average molecular weight is 296 g/mol. The van der Waals surface area contributed by atoms with E-state index in [-0.39, 0.29) is 23.9 Å². The van der Waals surface area contributed by atoms with Crippen LogP contribution >= 0.6 is 11.6 Å². The minimum Gasteiger partial charge on any atom is -0.480 e. The number of nitrogens with zero attached hydrogens (tertiary/aromatic N) is 1. The maximum Gasteiger partial charge on any atom is 0.323 e. The highest BCUT2D eigenvalue weighted by Crippen LogP contribution is 2.39. The monoisotopic (exact) mass is 295 g/mol. The zero-order valence-corrected chi connectivity index (χ0v) is 11.0. The fraction of sp³-hybridized carbons (Fsp3) is 0.231. The predicted molar refractivity (Wildman–Crippen MR) is 69.9 cm³/mol. The lowest BCUT2D eigenvalue weighted by Crippen LogP contribution is -2.35. The molecule has 0 aromatic heterocycles. The molecule has 6 nitrogen and oxygen atoms in total. The molecule has 0 saturated heterocycles. The Balaban J connectivity index is 2.30. The predicted octanol–water partition coefficient (Wildman–Crippen LogP) is 1.23. The number of hydrogen-bond acceptors (Lipinski definition) is 4. The molecule has 0 bridgehead atoms. The van der Waals surface area contributed by atoms with Gasteiger partial charge in [-0.3, -0.25) is 9.59 Å². The molecule has 1 amide bonds. The maximum atomic E-state index is 12.2. The molecular weight excluding hydrogens is 286 g/mol. The number of benzene rings is 1. The summed E-state index contributed by atoms with van der Waals surface area (Å²) in [6, 6.07) is 2.84. The van der Waals surface area contributed by atoms with Gasteiger partial charge in [0.1, 0.15) is 6.54 Å². The lowest BCUT2D eigenvalue weighted by molar-refractivity contribution is -0.137. The van der Waals surface area contributed by atoms with Crippen molar-refractivity contribution >= 4 is 23.5 Å². The summed E-state index contributed by atoms with van der Waals surface area (Å²) in [6.07, 6.45) is 5.13. The summed E-state index contributed by atoms with van der Waals surface area (Å²) in [5.41, 5.74) is 0.191. The molecule has 104 valence electrons. The number of terminal acetylenes is 1. The van der Waals surface area contributed by atoms with Gasteiger partial charge in [-0.1, -0.05) is 17.5 Å². The Kier molecular flexibility index (Phi) is 4.01. The van der Waals surface area contributed by atoms with Crippen LogP contribution in [-0.4, -0.2) is 41.8 Å². The Bertz CT molecular complexity index is 608. The molecule has 20 heavy (non-hydrogen) atoms. The zero-order valence-electron chi connectivity index (χ0n) is 10.3. The summed E-state index contributed by atoms with van der Waals surface area (Å²) in [6.45, 7) is -0.581. The number of carbonyl (C=O) groups excluding carboxylic acids is 1. The highest BCUT2D eigenvalue weighted by Gasteiger charge is 2.24. The SMILES string of the molecule is C#CCN(CC(=O)O)C(=O)c1cc(Cl)c2c(c1)OCO2. The van der Waals surface area contributed by atoms with Crippen LogP contribution in [0, 0.1) is 12.3 Å². The summed E-state index contributed by atoms with van der Waals surface area (Å²) >= 11 is 5.97. The van der Waals surface area contributed by atoms with Gasteiger partial charge in [0, 0.05) is 5.56 Å². The molecule has 1 aliphatic heterocycles. The van der Waals surface area contributed by atoms with Gasteiger partial charge in [0.05, 0.1) is 11.6 Å². The summed E-state index contributed by atoms with van der Waals surface area (Å²) in [7, 11) is 0. The van der Waals surface area contributed by atoms with Crippen LogP contribution in [0.15, 0.2) is 12.1 Å². The van der Waals surface area contributed by atoms with E-state index in [4.69, 9.17) is 32.6 Å². The minimum atomic E-state index is -1.15. The number of halogens is 1. The Hall–Kier alpha value is -2.39. The number of hydrogen-bond donors (Lipinski definition) is 1. The van der Waals surface area contributed by atoms with Crippen LogP contribution in [0.3, 0.4) is 0 Å². The molecule has 0 unspecified atom stereocenters. The molecule has 2 rings (SSSR count). The van der Waals surface area contributed by atoms with Gasteiger partial charge in [-0.15, -0.1) is 6.42 Å². The number of carboxylic acids is 1. The molecule has 7 heteroatoms. The van der Waals surface area contributed by atoms with E-state index >= 15 is 0 Å². The van der Waals surface area contributed by atoms with Crippen molar-refractivity contribution in [1.82, 2.24) is 4.90 Å². The van der Waals surface area contributed by atoms with Crippen LogP contribution in [0.5, 0.6) is 11.5 Å². The van der Waals surface area contributed by atoms with Crippen molar-refractivity contribution in [1.29, 1.82) is 0 Å². The average Bonchev–Trinajstić information content (AvgIpc) is 2.85. The molecule has 1 aromatic rings. The molecule has 1 heterocycles. The van der Waals surface area contributed by atoms with Gasteiger partial charge < -0.3 is 19.5 Å². The van der Waals surface area contributed by atoms with E-state index in [1.54, 1.807) is 0 Å². The molecule has 0 saturated carbocycles. The minimum absolute atomic E-state index is 0.0237. The van der Waals surface area contributed by atoms with Crippen molar-refractivity contribution in [3.8, 4) is 23.8 Å². The van der Waals surface area contributed by atoms with E-state index in [1.165, 1.54) is 12.1 Å². The number of ether oxygens (including phenoxy) is 2. The van der Waals surface area contributed by atoms with Crippen LogP contribution in [0.2, 0.25) is 5.02 Å². The smallest absolute Gasteiger partial charge is 0.323 e. The fourth-order valence-electron chi connectivity index (χ4n) is 1.75. The van der Waals surface area contributed by atoms with E-state index < -0.39 is 18.4 Å². The largest absolute Gasteiger partial charge is 0.480 e. The molecule has 0 atom stereocenters. The van der Waals surface area contributed by atoms with Gasteiger partial charge in [0.25, 0.3) is 5.91 Å². The van der Waals surface area contributed by atoms with Gasteiger partial charge in [0.2, 0.25) is 6.79 Å². The van der Waals surface area contributed by atoms with Gasteiger partial charge in [-0.25, -0.2) is 0 Å². The second-order valence-electron chi connectivity index (χ2n) is 3.95. The normalized spacial score (nSPS) is 11.8. The van der Waals surface area contributed by atoms with Crippen LogP contribution in [0.1, 0.15) is 10.4 Å². The summed E-state index contributed by atoms with van der Waals surface area (Å²) < 4.78 is 10.3. The Morgan fingerprint density at radius 2 is 2.20 bits per heavy atom. The van der Waals surface area contributed by atoms with Crippen molar-refractivity contribution < 1.29 is 24.2 Å². The highest BCUT2D eigenvalue weighted by molar-refractivity contribution is 6.32. The van der Waals surface area contributed by atoms with Crippen molar-refractivity contribution in [3.63, 3.8) is 0 Å². The third-order valence-corrected chi connectivity index (χ3v) is 2.85. The lowest BCUT2D eigenvalue weighted by Gasteiger charge is -2.18. The van der Waals surface area contributed by atoms with Crippen molar-refractivity contribution in [2.24, 2.45) is 0 Å². The molecule has 1 aliphatic rings. The Morgan fingerprint density at radius 3 is 2.85 bits per heavy atom.